The van der Waals surface area contributed by atoms with Crippen molar-refractivity contribution in [3.63, 3.8) is 0 Å². The lowest BCUT2D eigenvalue weighted by Gasteiger charge is -2.36. The van der Waals surface area contributed by atoms with E-state index in [1.54, 1.807) is 0 Å². The second-order valence-corrected chi connectivity index (χ2v) is 4.54. The van der Waals surface area contributed by atoms with Gasteiger partial charge in [0.1, 0.15) is 0 Å². The number of halogens is 1. The van der Waals surface area contributed by atoms with Gasteiger partial charge < -0.3 is 4.74 Å². The Morgan fingerprint density at radius 1 is 1.38 bits per heavy atom. The number of ether oxygens (including phenoxy) is 1. The van der Waals surface area contributed by atoms with Crippen LogP contribution in [0.1, 0.15) is 20.8 Å². The predicted octanol–water partition coefficient (Wildman–Crippen LogP) is 1.97. The standard InChI is InChI=1S/C10H20ClNO/c1-8(4-11)5-12-6-9(2)13-10(3)7-12/h8-10H,4-7H2,1-3H3. The van der Waals surface area contributed by atoms with Gasteiger partial charge in [-0.3, -0.25) is 4.90 Å². The molecule has 0 aromatic rings. The molecule has 78 valence electrons. The van der Waals surface area contributed by atoms with Crippen molar-refractivity contribution in [1.29, 1.82) is 0 Å². The van der Waals surface area contributed by atoms with Gasteiger partial charge in [-0.05, 0) is 19.8 Å². The first kappa shape index (κ1) is 11.3. The van der Waals surface area contributed by atoms with Crippen molar-refractivity contribution in [2.75, 3.05) is 25.5 Å². The maximum absolute atomic E-state index is 5.79. The average molecular weight is 206 g/mol. The van der Waals surface area contributed by atoms with Crippen molar-refractivity contribution in [3.05, 3.63) is 0 Å². The molecule has 0 radical (unpaired) electrons. The van der Waals surface area contributed by atoms with Crippen molar-refractivity contribution >= 4 is 11.6 Å². The molecule has 1 rings (SSSR count). The second-order valence-electron chi connectivity index (χ2n) is 4.24. The Kier molecular flexibility index (Phi) is 4.50. The molecule has 1 aliphatic rings. The van der Waals surface area contributed by atoms with E-state index in [2.05, 4.69) is 25.7 Å². The van der Waals surface area contributed by atoms with E-state index in [1.807, 2.05) is 0 Å². The molecule has 13 heavy (non-hydrogen) atoms. The molecule has 0 aromatic carbocycles. The maximum atomic E-state index is 5.79. The number of nitrogens with zero attached hydrogens (tertiary/aromatic N) is 1. The van der Waals surface area contributed by atoms with Gasteiger partial charge in [-0.15, -0.1) is 11.6 Å². The maximum Gasteiger partial charge on any atom is 0.0678 e. The first-order valence-electron chi connectivity index (χ1n) is 5.05. The third-order valence-corrected chi connectivity index (χ3v) is 2.86. The molecule has 0 aromatic heterocycles. The SMILES string of the molecule is CC(CCl)CN1CC(C)OC(C)C1. The Morgan fingerprint density at radius 3 is 2.38 bits per heavy atom. The lowest BCUT2D eigenvalue weighted by Crippen LogP contribution is -2.46. The fourth-order valence-electron chi connectivity index (χ4n) is 1.92. The fraction of sp³-hybridized carbons (Fsp3) is 1.00. The first-order chi connectivity index (χ1) is 6.11. The van der Waals surface area contributed by atoms with Crippen LogP contribution in [0.4, 0.5) is 0 Å². The van der Waals surface area contributed by atoms with Gasteiger partial charge in [0.05, 0.1) is 12.2 Å². The highest BCUT2D eigenvalue weighted by Gasteiger charge is 2.22. The van der Waals surface area contributed by atoms with E-state index < -0.39 is 0 Å². The number of hydrogen-bond acceptors (Lipinski definition) is 2. The molecular weight excluding hydrogens is 186 g/mol. The smallest absolute Gasteiger partial charge is 0.0678 e. The van der Waals surface area contributed by atoms with Crippen LogP contribution in [0.15, 0.2) is 0 Å². The van der Waals surface area contributed by atoms with Crippen molar-refractivity contribution in [3.8, 4) is 0 Å². The van der Waals surface area contributed by atoms with Crippen LogP contribution in [-0.4, -0.2) is 42.6 Å². The Balaban J connectivity index is 2.32. The monoisotopic (exact) mass is 205 g/mol. The number of morpholine rings is 1. The van der Waals surface area contributed by atoms with Gasteiger partial charge in [0.2, 0.25) is 0 Å². The predicted molar refractivity (Wildman–Crippen MR) is 56.3 cm³/mol. The first-order valence-corrected chi connectivity index (χ1v) is 5.59. The summed E-state index contributed by atoms with van der Waals surface area (Å²) in [6.07, 6.45) is 0.734. The summed E-state index contributed by atoms with van der Waals surface area (Å²) in [4.78, 5) is 2.45. The minimum Gasteiger partial charge on any atom is -0.373 e. The highest BCUT2D eigenvalue weighted by atomic mass is 35.5. The molecule has 2 nitrogen and oxygen atoms in total. The molecule has 0 amide bonds. The van der Waals surface area contributed by atoms with Gasteiger partial charge in [0, 0.05) is 25.5 Å². The highest BCUT2D eigenvalue weighted by molar-refractivity contribution is 6.18. The summed E-state index contributed by atoms with van der Waals surface area (Å²) in [5, 5.41) is 0. The zero-order valence-electron chi connectivity index (χ0n) is 8.79. The van der Waals surface area contributed by atoms with E-state index in [0.29, 0.717) is 18.1 Å². The average Bonchev–Trinajstić information content (AvgIpc) is 2.02. The number of hydrogen-bond donors (Lipinski definition) is 0. The normalized spacial score (nSPS) is 33.2. The number of alkyl halides is 1. The van der Waals surface area contributed by atoms with E-state index in [-0.39, 0.29) is 0 Å². The Bertz CT molecular complexity index is 144. The van der Waals surface area contributed by atoms with Crippen LogP contribution in [0.3, 0.4) is 0 Å². The molecule has 3 atom stereocenters. The second kappa shape index (κ2) is 5.18. The molecular formula is C10H20ClNO. The van der Waals surface area contributed by atoms with Crippen LogP contribution in [0.2, 0.25) is 0 Å². The molecule has 0 N–H and O–H groups in total. The Hall–Kier alpha value is 0.210. The summed E-state index contributed by atoms with van der Waals surface area (Å²) < 4.78 is 5.66. The topological polar surface area (TPSA) is 12.5 Å². The van der Waals surface area contributed by atoms with Crippen molar-refractivity contribution in [1.82, 2.24) is 4.90 Å². The minimum absolute atomic E-state index is 0.367. The Labute approximate surface area is 86.2 Å². The van der Waals surface area contributed by atoms with Crippen LogP contribution in [0, 0.1) is 5.92 Å². The summed E-state index contributed by atoms with van der Waals surface area (Å²) in [7, 11) is 0. The molecule has 0 saturated carbocycles. The molecule has 1 aliphatic heterocycles. The van der Waals surface area contributed by atoms with Crippen molar-refractivity contribution in [2.24, 2.45) is 5.92 Å². The zero-order chi connectivity index (χ0) is 9.84. The lowest BCUT2D eigenvalue weighted by molar-refractivity contribution is -0.0703. The summed E-state index contributed by atoms with van der Waals surface area (Å²) in [6.45, 7) is 9.65. The quantitative estimate of drug-likeness (QED) is 0.654. The lowest BCUT2D eigenvalue weighted by atomic mass is 10.1. The van der Waals surface area contributed by atoms with E-state index in [1.165, 1.54) is 0 Å². The van der Waals surface area contributed by atoms with Gasteiger partial charge >= 0.3 is 0 Å². The van der Waals surface area contributed by atoms with Crippen LogP contribution >= 0.6 is 11.6 Å². The Morgan fingerprint density at radius 2 is 1.92 bits per heavy atom. The van der Waals surface area contributed by atoms with Crippen LogP contribution in [-0.2, 0) is 4.74 Å². The molecule has 0 spiro atoms. The molecule has 1 saturated heterocycles. The molecule has 0 aliphatic carbocycles. The third kappa shape index (κ3) is 3.84. The van der Waals surface area contributed by atoms with Gasteiger partial charge in [-0.25, -0.2) is 0 Å². The van der Waals surface area contributed by atoms with Crippen molar-refractivity contribution in [2.45, 2.75) is 33.0 Å². The molecule has 3 heteroatoms. The summed E-state index contributed by atoms with van der Waals surface area (Å²) >= 11 is 5.79. The van der Waals surface area contributed by atoms with Crippen LogP contribution in [0.25, 0.3) is 0 Å². The highest BCUT2D eigenvalue weighted by Crippen LogP contribution is 2.12. The largest absolute Gasteiger partial charge is 0.373 e. The van der Waals surface area contributed by atoms with E-state index in [4.69, 9.17) is 16.3 Å². The summed E-state index contributed by atoms with van der Waals surface area (Å²) in [5.41, 5.74) is 0. The molecule has 1 fully saturated rings. The minimum atomic E-state index is 0.367. The van der Waals surface area contributed by atoms with Crippen LogP contribution < -0.4 is 0 Å². The molecule has 3 unspecified atom stereocenters. The van der Waals surface area contributed by atoms with Gasteiger partial charge in [-0.2, -0.15) is 0 Å². The third-order valence-electron chi connectivity index (χ3n) is 2.33. The van der Waals surface area contributed by atoms with Crippen molar-refractivity contribution < 1.29 is 4.74 Å². The van der Waals surface area contributed by atoms with E-state index in [9.17, 15) is 0 Å². The van der Waals surface area contributed by atoms with Gasteiger partial charge in [0.15, 0.2) is 0 Å². The van der Waals surface area contributed by atoms with Gasteiger partial charge in [0.25, 0.3) is 0 Å². The fourth-order valence-corrected chi connectivity index (χ4v) is 2.02. The summed E-state index contributed by atoms with van der Waals surface area (Å²) in [5.74, 6) is 1.33. The zero-order valence-corrected chi connectivity index (χ0v) is 9.55. The van der Waals surface area contributed by atoms with E-state index in [0.717, 1.165) is 25.5 Å². The van der Waals surface area contributed by atoms with E-state index >= 15 is 0 Å². The molecule has 0 bridgehead atoms. The van der Waals surface area contributed by atoms with Gasteiger partial charge in [-0.1, -0.05) is 6.92 Å². The number of rotatable bonds is 3. The molecule has 1 heterocycles. The summed E-state index contributed by atoms with van der Waals surface area (Å²) in [6, 6.07) is 0. The van der Waals surface area contributed by atoms with Crippen LogP contribution in [0.5, 0.6) is 0 Å².